The second kappa shape index (κ2) is 4.61. The van der Waals surface area contributed by atoms with Gasteiger partial charge in [0.05, 0.1) is 6.61 Å². The number of carbonyl (C=O) groups excluding carboxylic acids is 2. The van der Waals surface area contributed by atoms with E-state index in [1.54, 1.807) is 13.8 Å². The summed E-state index contributed by atoms with van der Waals surface area (Å²) in [6.07, 6.45) is -0.0460. The fourth-order valence-electron chi connectivity index (χ4n) is 1.59. The maximum absolute atomic E-state index is 11.6. The molecule has 1 aliphatic heterocycles. The summed E-state index contributed by atoms with van der Waals surface area (Å²) in [7, 11) is 0. The van der Waals surface area contributed by atoms with Crippen LogP contribution >= 0.6 is 0 Å². The van der Waals surface area contributed by atoms with Gasteiger partial charge in [-0.1, -0.05) is 0 Å². The third kappa shape index (κ3) is 2.28. The SMILES string of the molecule is CCOC(=O)[C@]1(C)C[C@@H](OCC)NC1=O. The van der Waals surface area contributed by atoms with Crippen molar-refractivity contribution in [2.45, 2.75) is 33.4 Å². The lowest BCUT2D eigenvalue weighted by Gasteiger charge is -2.17. The normalized spacial score (nSPS) is 30.1. The molecule has 0 unspecified atom stereocenters. The quantitative estimate of drug-likeness (QED) is 0.546. The highest BCUT2D eigenvalue weighted by Gasteiger charge is 2.50. The van der Waals surface area contributed by atoms with E-state index >= 15 is 0 Å². The Kier molecular flexibility index (Phi) is 3.68. The maximum atomic E-state index is 11.6. The van der Waals surface area contributed by atoms with Crippen LogP contribution in [0.3, 0.4) is 0 Å². The van der Waals surface area contributed by atoms with Gasteiger partial charge in [0, 0.05) is 13.0 Å². The van der Waals surface area contributed by atoms with E-state index in [1.807, 2.05) is 6.92 Å². The minimum absolute atomic E-state index is 0.279. The standard InChI is InChI=1S/C10H17NO4/c1-4-14-7-6-10(3,8(12)11-7)9(13)15-5-2/h7H,4-6H2,1-3H3,(H,11,12)/t7-,10-/m1/s1. The van der Waals surface area contributed by atoms with E-state index in [1.165, 1.54) is 0 Å². The van der Waals surface area contributed by atoms with Crippen LogP contribution in [0.1, 0.15) is 27.2 Å². The summed E-state index contributed by atoms with van der Waals surface area (Å²) < 4.78 is 10.1. The van der Waals surface area contributed by atoms with Gasteiger partial charge in [-0.2, -0.15) is 0 Å². The number of hydrogen-bond acceptors (Lipinski definition) is 4. The van der Waals surface area contributed by atoms with Gasteiger partial charge in [-0.25, -0.2) is 0 Å². The Labute approximate surface area is 89.1 Å². The predicted molar refractivity (Wildman–Crippen MR) is 52.9 cm³/mol. The van der Waals surface area contributed by atoms with Crippen LogP contribution in [0.2, 0.25) is 0 Å². The second-order valence-corrected chi connectivity index (χ2v) is 3.67. The molecule has 0 aromatic heterocycles. The minimum atomic E-state index is -1.10. The molecule has 0 saturated carbocycles. The topological polar surface area (TPSA) is 64.6 Å². The van der Waals surface area contributed by atoms with Gasteiger partial charge in [0.25, 0.3) is 0 Å². The first-order chi connectivity index (χ1) is 7.04. The average molecular weight is 215 g/mol. The summed E-state index contributed by atoms with van der Waals surface area (Å²) in [6, 6.07) is 0. The number of nitrogens with one attached hydrogen (secondary N) is 1. The molecule has 86 valence electrons. The largest absolute Gasteiger partial charge is 0.465 e. The molecule has 1 N–H and O–H groups in total. The number of esters is 1. The first-order valence-electron chi connectivity index (χ1n) is 5.14. The molecule has 2 atom stereocenters. The van der Waals surface area contributed by atoms with Crippen molar-refractivity contribution in [2.75, 3.05) is 13.2 Å². The van der Waals surface area contributed by atoms with E-state index in [0.29, 0.717) is 13.0 Å². The van der Waals surface area contributed by atoms with Gasteiger partial charge in [-0.15, -0.1) is 0 Å². The molecule has 0 bridgehead atoms. The van der Waals surface area contributed by atoms with Crippen LogP contribution in [0, 0.1) is 5.41 Å². The molecular weight excluding hydrogens is 198 g/mol. The molecule has 1 aliphatic rings. The van der Waals surface area contributed by atoms with Gasteiger partial charge in [0.1, 0.15) is 11.6 Å². The van der Waals surface area contributed by atoms with Crippen molar-refractivity contribution in [3.63, 3.8) is 0 Å². The number of rotatable bonds is 4. The molecule has 1 amide bonds. The van der Waals surface area contributed by atoms with Crippen molar-refractivity contribution in [2.24, 2.45) is 5.41 Å². The Bertz CT molecular complexity index is 266. The van der Waals surface area contributed by atoms with Crippen molar-refractivity contribution >= 4 is 11.9 Å². The van der Waals surface area contributed by atoms with E-state index < -0.39 is 11.4 Å². The molecule has 1 rings (SSSR count). The lowest BCUT2D eigenvalue weighted by Crippen LogP contribution is -2.37. The lowest BCUT2D eigenvalue weighted by atomic mass is 9.89. The van der Waals surface area contributed by atoms with Gasteiger partial charge in [-0.05, 0) is 20.8 Å². The number of ether oxygens (including phenoxy) is 2. The third-order valence-corrected chi connectivity index (χ3v) is 2.48. The van der Waals surface area contributed by atoms with E-state index in [0.717, 1.165) is 0 Å². The van der Waals surface area contributed by atoms with Crippen LogP contribution in [0.25, 0.3) is 0 Å². The van der Waals surface area contributed by atoms with Gasteiger partial charge in [-0.3, -0.25) is 9.59 Å². The summed E-state index contributed by atoms with van der Waals surface area (Å²) in [5.41, 5.74) is -1.10. The predicted octanol–water partition coefficient (Wildman–Crippen LogP) is 0.438. The summed E-state index contributed by atoms with van der Waals surface area (Å²) in [5.74, 6) is -0.802. The highest BCUT2D eigenvalue weighted by Crippen LogP contribution is 2.31. The minimum Gasteiger partial charge on any atom is -0.465 e. The molecule has 5 nitrogen and oxygen atoms in total. The number of hydrogen-bond donors (Lipinski definition) is 1. The van der Waals surface area contributed by atoms with Crippen LogP contribution in [0.4, 0.5) is 0 Å². The number of carbonyl (C=O) groups is 2. The van der Waals surface area contributed by atoms with Gasteiger partial charge >= 0.3 is 5.97 Å². The molecule has 1 heterocycles. The number of amides is 1. The van der Waals surface area contributed by atoms with Crippen LogP contribution in [0.5, 0.6) is 0 Å². The Balaban J connectivity index is 2.69. The molecule has 1 saturated heterocycles. The average Bonchev–Trinajstić information content (AvgIpc) is 2.45. The zero-order valence-corrected chi connectivity index (χ0v) is 9.33. The summed E-state index contributed by atoms with van der Waals surface area (Å²) >= 11 is 0. The molecule has 0 aliphatic carbocycles. The van der Waals surface area contributed by atoms with Crippen LogP contribution in [0.15, 0.2) is 0 Å². The molecule has 0 aromatic carbocycles. The van der Waals surface area contributed by atoms with Crippen LogP contribution < -0.4 is 5.32 Å². The van der Waals surface area contributed by atoms with Crippen molar-refractivity contribution in [3.05, 3.63) is 0 Å². The smallest absolute Gasteiger partial charge is 0.321 e. The Hall–Kier alpha value is -1.10. The van der Waals surface area contributed by atoms with Gasteiger partial charge in [0.15, 0.2) is 0 Å². The monoisotopic (exact) mass is 215 g/mol. The Morgan fingerprint density at radius 3 is 2.73 bits per heavy atom. The second-order valence-electron chi connectivity index (χ2n) is 3.67. The van der Waals surface area contributed by atoms with E-state index in [9.17, 15) is 9.59 Å². The molecule has 1 fully saturated rings. The molecule has 0 spiro atoms. The zero-order chi connectivity index (χ0) is 11.5. The van der Waals surface area contributed by atoms with Gasteiger partial charge < -0.3 is 14.8 Å². The summed E-state index contributed by atoms with van der Waals surface area (Å²) in [5, 5.41) is 2.62. The first-order valence-corrected chi connectivity index (χ1v) is 5.14. The fraction of sp³-hybridized carbons (Fsp3) is 0.800. The summed E-state index contributed by atoms with van der Waals surface area (Å²) in [4.78, 5) is 23.2. The molecule has 0 aromatic rings. The highest BCUT2D eigenvalue weighted by atomic mass is 16.5. The molecule has 0 radical (unpaired) electrons. The fourth-order valence-corrected chi connectivity index (χ4v) is 1.59. The zero-order valence-electron chi connectivity index (χ0n) is 9.33. The van der Waals surface area contributed by atoms with Crippen molar-refractivity contribution < 1.29 is 19.1 Å². The van der Waals surface area contributed by atoms with Crippen LogP contribution in [-0.4, -0.2) is 31.3 Å². The summed E-state index contributed by atoms with van der Waals surface area (Å²) in [6.45, 7) is 5.92. The van der Waals surface area contributed by atoms with Crippen LogP contribution in [-0.2, 0) is 19.1 Å². The van der Waals surface area contributed by atoms with E-state index in [4.69, 9.17) is 9.47 Å². The van der Waals surface area contributed by atoms with Gasteiger partial charge in [0.2, 0.25) is 5.91 Å². The van der Waals surface area contributed by atoms with Crippen molar-refractivity contribution in [3.8, 4) is 0 Å². The van der Waals surface area contributed by atoms with Crippen molar-refractivity contribution in [1.82, 2.24) is 5.32 Å². The molecule has 5 heteroatoms. The molecule has 15 heavy (non-hydrogen) atoms. The Morgan fingerprint density at radius 1 is 1.53 bits per heavy atom. The maximum Gasteiger partial charge on any atom is 0.321 e. The third-order valence-electron chi connectivity index (χ3n) is 2.48. The highest BCUT2D eigenvalue weighted by molar-refractivity contribution is 6.03. The Morgan fingerprint density at radius 2 is 2.20 bits per heavy atom. The van der Waals surface area contributed by atoms with Crippen molar-refractivity contribution in [1.29, 1.82) is 0 Å². The lowest BCUT2D eigenvalue weighted by molar-refractivity contribution is -0.158. The van der Waals surface area contributed by atoms with E-state index in [-0.39, 0.29) is 18.7 Å². The molecular formula is C10H17NO4. The van der Waals surface area contributed by atoms with E-state index in [2.05, 4.69) is 5.32 Å². The first kappa shape index (κ1) is 12.0.